The largest absolute Gasteiger partial charge is 0.481 e. The highest BCUT2D eigenvalue weighted by Crippen LogP contribution is 2.27. The number of aromatic nitrogens is 3. The lowest BCUT2D eigenvalue weighted by Gasteiger charge is -2.13. The molecule has 2 N–H and O–H groups in total. The van der Waals surface area contributed by atoms with Crippen LogP contribution in [0.15, 0.2) is 41.1 Å². The van der Waals surface area contributed by atoms with E-state index in [-0.39, 0.29) is 6.61 Å². The summed E-state index contributed by atoms with van der Waals surface area (Å²) >= 11 is 3.37. The van der Waals surface area contributed by atoms with Crippen molar-refractivity contribution < 1.29 is 9.84 Å². The molecule has 0 atom stereocenters. The number of nitrogens with one attached hydrogen (secondary N) is 1. The Hall–Kier alpha value is -2.25. The molecule has 3 aromatic rings. The first-order valence-electron chi connectivity index (χ1n) is 6.99. The zero-order chi connectivity index (χ0) is 16.2. The maximum Gasteiger partial charge on any atom is 0.215 e. The van der Waals surface area contributed by atoms with Gasteiger partial charge in [0.2, 0.25) is 5.88 Å². The van der Waals surface area contributed by atoms with E-state index in [0.717, 1.165) is 21.2 Å². The van der Waals surface area contributed by atoms with Gasteiger partial charge in [0.15, 0.2) is 5.65 Å². The normalized spacial score (nSPS) is 10.7. The first-order valence-corrected chi connectivity index (χ1v) is 7.78. The molecule has 3 rings (SSSR count). The molecule has 0 aromatic carbocycles. The number of anilines is 1. The number of rotatable bonds is 5. The topological polar surface area (TPSA) is 80.2 Å². The lowest BCUT2D eigenvalue weighted by atomic mass is 10.1. The van der Waals surface area contributed by atoms with Gasteiger partial charge in [-0.1, -0.05) is 0 Å². The summed E-state index contributed by atoms with van der Waals surface area (Å²) in [5, 5.41) is 13.7. The van der Waals surface area contributed by atoms with Crippen LogP contribution in [0.1, 0.15) is 11.3 Å². The highest BCUT2D eigenvalue weighted by Gasteiger charge is 2.10. The van der Waals surface area contributed by atoms with Gasteiger partial charge in [-0.2, -0.15) is 4.98 Å². The Bertz CT molecular complexity index is 824. The SMILES string of the molecule is COc1ccc2c(NCc3ccc(Br)cn3)c(CO)cnc2n1. The molecular weight excluding hydrogens is 360 g/mol. The van der Waals surface area contributed by atoms with Crippen LogP contribution >= 0.6 is 15.9 Å². The number of hydrogen-bond donors (Lipinski definition) is 2. The molecule has 3 aromatic heterocycles. The minimum atomic E-state index is -0.106. The highest BCUT2D eigenvalue weighted by molar-refractivity contribution is 9.10. The second kappa shape index (κ2) is 6.89. The van der Waals surface area contributed by atoms with Gasteiger partial charge in [0.05, 0.1) is 31.6 Å². The molecule has 0 radical (unpaired) electrons. The molecule has 6 nitrogen and oxygen atoms in total. The standard InChI is InChI=1S/C16H15BrN4O2/c1-23-14-5-4-13-15(10(9-22)6-20-16(13)21-14)19-8-12-3-2-11(17)7-18-12/h2-7,22H,8-9H2,1H3,(H,19,20,21). The van der Waals surface area contributed by atoms with Crippen molar-refractivity contribution in [3.63, 3.8) is 0 Å². The van der Waals surface area contributed by atoms with E-state index in [1.807, 2.05) is 18.2 Å². The monoisotopic (exact) mass is 374 g/mol. The minimum Gasteiger partial charge on any atom is -0.481 e. The van der Waals surface area contributed by atoms with Crippen molar-refractivity contribution in [1.29, 1.82) is 0 Å². The molecule has 7 heteroatoms. The van der Waals surface area contributed by atoms with Crippen molar-refractivity contribution in [2.45, 2.75) is 13.2 Å². The fraction of sp³-hybridized carbons (Fsp3) is 0.188. The quantitative estimate of drug-likeness (QED) is 0.714. The average Bonchev–Trinajstić information content (AvgIpc) is 2.60. The summed E-state index contributed by atoms with van der Waals surface area (Å²) in [6.45, 7) is 0.427. The van der Waals surface area contributed by atoms with Crippen molar-refractivity contribution in [3.05, 3.63) is 52.4 Å². The van der Waals surface area contributed by atoms with E-state index in [2.05, 4.69) is 36.2 Å². The summed E-state index contributed by atoms with van der Waals surface area (Å²) in [4.78, 5) is 12.9. The van der Waals surface area contributed by atoms with E-state index < -0.39 is 0 Å². The van der Waals surface area contributed by atoms with Crippen molar-refractivity contribution in [3.8, 4) is 5.88 Å². The summed E-state index contributed by atoms with van der Waals surface area (Å²) < 4.78 is 6.06. The molecule has 0 unspecified atom stereocenters. The van der Waals surface area contributed by atoms with E-state index in [9.17, 15) is 5.11 Å². The lowest BCUT2D eigenvalue weighted by Crippen LogP contribution is -2.06. The van der Waals surface area contributed by atoms with Gasteiger partial charge in [-0.05, 0) is 34.1 Å². The third-order valence-corrected chi connectivity index (χ3v) is 3.87. The minimum absolute atomic E-state index is 0.106. The predicted octanol–water partition coefficient (Wildman–Crippen LogP) is 2.90. The lowest BCUT2D eigenvalue weighted by molar-refractivity contribution is 0.282. The Balaban J connectivity index is 1.95. The Morgan fingerprint density at radius 3 is 2.74 bits per heavy atom. The third kappa shape index (κ3) is 3.40. The molecule has 23 heavy (non-hydrogen) atoms. The summed E-state index contributed by atoms with van der Waals surface area (Å²) in [6.07, 6.45) is 3.37. The Morgan fingerprint density at radius 2 is 2.04 bits per heavy atom. The zero-order valence-electron chi connectivity index (χ0n) is 12.5. The number of methoxy groups -OCH3 is 1. The van der Waals surface area contributed by atoms with Gasteiger partial charge in [-0.3, -0.25) is 4.98 Å². The number of hydrogen-bond acceptors (Lipinski definition) is 6. The van der Waals surface area contributed by atoms with Crippen molar-refractivity contribution in [2.24, 2.45) is 0 Å². The van der Waals surface area contributed by atoms with Gasteiger partial charge < -0.3 is 15.2 Å². The Labute approximate surface area is 141 Å². The third-order valence-electron chi connectivity index (χ3n) is 3.40. The van der Waals surface area contributed by atoms with Crippen LogP contribution in [0.3, 0.4) is 0 Å². The molecule has 0 saturated carbocycles. The van der Waals surface area contributed by atoms with Gasteiger partial charge in [0.25, 0.3) is 0 Å². The molecule has 0 bridgehead atoms. The fourth-order valence-corrected chi connectivity index (χ4v) is 2.47. The smallest absolute Gasteiger partial charge is 0.215 e. The van der Waals surface area contributed by atoms with E-state index in [1.54, 1.807) is 25.6 Å². The van der Waals surface area contributed by atoms with Gasteiger partial charge in [0, 0.05) is 33.9 Å². The van der Waals surface area contributed by atoms with Crippen LogP contribution in [0.25, 0.3) is 11.0 Å². The number of pyridine rings is 3. The predicted molar refractivity (Wildman–Crippen MR) is 91.3 cm³/mol. The molecule has 0 aliphatic carbocycles. The summed E-state index contributed by atoms with van der Waals surface area (Å²) in [5.74, 6) is 0.502. The summed E-state index contributed by atoms with van der Waals surface area (Å²) in [6, 6.07) is 7.52. The number of nitrogens with zero attached hydrogens (tertiary/aromatic N) is 3. The fourth-order valence-electron chi connectivity index (χ4n) is 2.23. The molecule has 0 aliphatic rings. The van der Waals surface area contributed by atoms with Gasteiger partial charge in [-0.15, -0.1) is 0 Å². The zero-order valence-corrected chi connectivity index (χ0v) is 14.0. The maximum absolute atomic E-state index is 9.57. The number of aliphatic hydroxyl groups is 1. The molecule has 118 valence electrons. The number of aliphatic hydroxyl groups excluding tert-OH is 1. The van der Waals surface area contributed by atoms with Crippen molar-refractivity contribution >= 4 is 32.7 Å². The van der Waals surface area contributed by atoms with Gasteiger partial charge in [0.1, 0.15) is 0 Å². The molecule has 0 saturated heterocycles. The molecule has 0 fully saturated rings. The molecular formula is C16H15BrN4O2. The van der Waals surface area contributed by atoms with Crippen LogP contribution in [-0.2, 0) is 13.2 Å². The molecule has 3 heterocycles. The van der Waals surface area contributed by atoms with Gasteiger partial charge >= 0.3 is 0 Å². The molecule has 0 spiro atoms. The number of halogens is 1. The number of ether oxygens (including phenoxy) is 1. The van der Waals surface area contributed by atoms with Crippen molar-refractivity contribution in [1.82, 2.24) is 15.0 Å². The van der Waals surface area contributed by atoms with Gasteiger partial charge in [-0.25, -0.2) is 4.98 Å². The van der Waals surface area contributed by atoms with E-state index in [4.69, 9.17) is 4.74 Å². The van der Waals surface area contributed by atoms with Crippen LogP contribution in [0, 0.1) is 0 Å². The highest BCUT2D eigenvalue weighted by atomic mass is 79.9. The second-order valence-electron chi connectivity index (χ2n) is 4.86. The molecule has 0 amide bonds. The van der Waals surface area contributed by atoms with Crippen LogP contribution < -0.4 is 10.1 Å². The summed E-state index contributed by atoms with van der Waals surface area (Å²) in [5.41, 5.74) is 2.97. The second-order valence-corrected chi connectivity index (χ2v) is 5.78. The van der Waals surface area contributed by atoms with Crippen LogP contribution in [-0.4, -0.2) is 27.2 Å². The first kappa shape index (κ1) is 15.6. The Morgan fingerprint density at radius 1 is 1.17 bits per heavy atom. The Kier molecular flexibility index (Phi) is 4.68. The first-order chi connectivity index (χ1) is 11.2. The van der Waals surface area contributed by atoms with Crippen LogP contribution in [0.5, 0.6) is 5.88 Å². The average molecular weight is 375 g/mol. The molecule has 0 aliphatic heterocycles. The van der Waals surface area contributed by atoms with Crippen LogP contribution in [0.2, 0.25) is 0 Å². The number of fused-ring (bicyclic) bond motifs is 1. The van der Waals surface area contributed by atoms with E-state index in [1.165, 1.54) is 0 Å². The summed E-state index contributed by atoms with van der Waals surface area (Å²) in [7, 11) is 1.56. The van der Waals surface area contributed by atoms with E-state index in [0.29, 0.717) is 23.6 Å². The maximum atomic E-state index is 9.57. The van der Waals surface area contributed by atoms with Crippen molar-refractivity contribution in [2.75, 3.05) is 12.4 Å². The van der Waals surface area contributed by atoms with E-state index >= 15 is 0 Å². The van der Waals surface area contributed by atoms with Crippen LogP contribution in [0.4, 0.5) is 5.69 Å².